The summed E-state index contributed by atoms with van der Waals surface area (Å²) in [6.07, 6.45) is 5.02. The van der Waals surface area contributed by atoms with Crippen molar-refractivity contribution in [1.82, 2.24) is 19.8 Å². The van der Waals surface area contributed by atoms with Crippen LogP contribution in [0, 0.1) is 11.8 Å². The number of rotatable bonds is 4. The van der Waals surface area contributed by atoms with E-state index in [0.29, 0.717) is 24.0 Å². The lowest BCUT2D eigenvalue weighted by Crippen LogP contribution is -2.35. The minimum atomic E-state index is -0.513. The number of carbonyl (C=O) groups is 1. The highest BCUT2D eigenvalue weighted by molar-refractivity contribution is 6.04. The predicted molar refractivity (Wildman–Crippen MR) is 107 cm³/mol. The van der Waals surface area contributed by atoms with Gasteiger partial charge in [-0.05, 0) is 37.9 Å². The van der Waals surface area contributed by atoms with Crippen LogP contribution in [0.1, 0.15) is 36.2 Å². The van der Waals surface area contributed by atoms with E-state index in [0.717, 1.165) is 19.6 Å². The standard InChI is InChI=1S/C21H28N4O3/c26-14-16-13-25(12-15(16)11-24-9-5-1-2-6-10-24)20(27)19-17-7-3-4-8-18(17)22-21(28)23-19/h3-4,7-8,15-16,26H,1-2,5-6,9-14H2,(H,22,23,28)/t15-,16-/m1/s1. The van der Waals surface area contributed by atoms with E-state index >= 15 is 0 Å². The van der Waals surface area contributed by atoms with Crippen molar-refractivity contribution in [3.05, 3.63) is 40.4 Å². The Hall–Kier alpha value is -2.25. The lowest BCUT2D eigenvalue weighted by atomic mass is 9.96. The number of aromatic nitrogens is 2. The number of hydrogen-bond acceptors (Lipinski definition) is 5. The van der Waals surface area contributed by atoms with Crippen molar-refractivity contribution < 1.29 is 9.90 Å². The van der Waals surface area contributed by atoms with Crippen LogP contribution in [0.25, 0.3) is 10.9 Å². The molecule has 0 saturated carbocycles. The maximum atomic E-state index is 13.2. The molecule has 28 heavy (non-hydrogen) atoms. The normalized spacial score (nSPS) is 23.8. The topological polar surface area (TPSA) is 89.5 Å². The van der Waals surface area contributed by atoms with Crippen molar-refractivity contribution in [3.63, 3.8) is 0 Å². The summed E-state index contributed by atoms with van der Waals surface area (Å²) in [6.45, 7) is 4.30. The van der Waals surface area contributed by atoms with E-state index < -0.39 is 5.69 Å². The molecule has 2 saturated heterocycles. The number of hydrogen-bond donors (Lipinski definition) is 2. The van der Waals surface area contributed by atoms with Gasteiger partial charge in [0.2, 0.25) is 0 Å². The van der Waals surface area contributed by atoms with Gasteiger partial charge in [0.05, 0.1) is 5.52 Å². The van der Waals surface area contributed by atoms with Crippen LogP contribution >= 0.6 is 0 Å². The SMILES string of the molecule is O=C(c1nc(=O)[nH]c2ccccc12)N1C[C@@H](CN2CCCCCC2)[C@@H](CO)C1. The molecule has 1 aromatic heterocycles. The third-order valence-corrected chi connectivity index (χ3v) is 6.13. The second-order valence-corrected chi connectivity index (χ2v) is 8.06. The molecule has 0 aliphatic carbocycles. The highest BCUT2D eigenvalue weighted by atomic mass is 16.3. The molecule has 2 aromatic rings. The molecular weight excluding hydrogens is 356 g/mol. The van der Waals surface area contributed by atoms with E-state index in [1.54, 1.807) is 17.0 Å². The first kappa shape index (κ1) is 19.1. The van der Waals surface area contributed by atoms with Gasteiger partial charge in [0.25, 0.3) is 5.91 Å². The average molecular weight is 384 g/mol. The highest BCUT2D eigenvalue weighted by Gasteiger charge is 2.37. The monoisotopic (exact) mass is 384 g/mol. The van der Waals surface area contributed by atoms with Gasteiger partial charge < -0.3 is 19.9 Å². The summed E-state index contributed by atoms with van der Waals surface area (Å²) >= 11 is 0. The van der Waals surface area contributed by atoms with Crippen molar-refractivity contribution in [2.45, 2.75) is 25.7 Å². The summed E-state index contributed by atoms with van der Waals surface area (Å²) < 4.78 is 0. The van der Waals surface area contributed by atoms with Crippen LogP contribution in [-0.2, 0) is 0 Å². The minimum absolute atomic E-state index is 0.0699. The molecular formula is C21H28N4O3. The third kappa shape index (κ3) is 3.95. The summed E-state index contributed by atoms with van der Waals surface area (Å²) in [5.74, 6) is 0.0971. The molecule has 1 aromatic carbocycles. The number of aliphatic hydroxyl groups excluding tert-OH is 1. The quantitative estimate of drug-likeness (QED) is 0.833. The first-order valence-electron chi connectivity index (χ1n) is 10.3. The van der Waals surface area contributed by atoms with E-state index in [1.165, 1.54) is 25.7 Å². The zero-order valence-electron chi connectivity index (χ0n) is 16.1. The summed E-state index contributed by atoms with van der Waals surface area (Å²) in [4.78, 5) is 36.0. The Kier molecular flexibility index (Phi) is 5.73. The third-order valence-electron chi connectivity index (χ3n) is 6.13. The van der Waals surface area contributed by atoms with Crippen LogP contribution in [0.3, 0.4) is 0 Å². The van der Waals surface area contributed by atoms with Crippen molar-refractivity contribution in [1.29, 1.82) is 0 Å². The number of nitrogens with one attached hydrogen (secondary N) is 1. The van der Waals surface area contributed by atoms with Crippen molar-refractivity contribution in [2.75, 3.05) is 39.3 Å². The fourth-order valence-electron chi connectivity index (χ4n) is 4.58. The Bertz CT molecular complexity index is 889. The van der Waals surface area contributed by atoms with E-state index in [-0.39, 0.29) is 30.0 Å². The van der Waals surface area contributed by atoms with Crippen LogP contribution in [-0.4, -0.2) is 70.1 Å². The van der Waals surface area contributed by atoms with E-state index in [9.17, 15) is 14.7 Å². The molecule has 0 unspecified atom stereocenters. The molecule has 2 atom stereocenters. The Morgan fingerprint density at radius 3 is 2.57 bits per heavy atom. The van der Waals surface area contributed by atoms with Gasteiger partial charge in [0.1, 0.15) is 5.69 Å². The van der Waals surface area contributed by atoms with E-state index in [4.69, 9.17) is 0 Å². The summed E-state index contributed by atoms with van der Waals surface area (Å²) in [6, 6.07) is 7.24. The number of nitrogens with zero attached hydrogens (tertiary/aromatic N) is 3. The van der Waals surface area contributed by atoms with Gasteiger partial charge in [-0.1, -0.05) is 31.0 Å². The largest absolute Gasteiger partial charge is 0.396 e. The molecule has 3 heterocycles. The molecule has 150 valence electrons. The molecule has 2 aliphatic heterocycles. The molecule has 4 rings (SSSR count). The molecule has 2 aliphatic rings. The van der Waals surface area contributed by atoms with Gasteiger partial charge in [0, 0.05) is 37.5 Å². The molecule has 0 spiro atoms. The van der Waals surface area contributed by atoms with Gasteiger partial charge in [-0.25, -0.2) is 4.79 Å². The fourth-order valence-corrected chi connectivity index (χ4v) is 4.58. The first-order valence-corrected chi connectivity index (χ1v) is 10.3. The van der Waals surface area contributed by atoms with Gasteiger partial charge >= 0.3 is 5.69 Å². The summed E-state index contributed by atoms with van der Waals surface area (Å²) in [7, 11) is 0. The molecule has 7 heteroatoms. The van der Waals surface area contributed by atoms with Gasteiger partial charge in [0.15, 0.2) is 0 Å². The average Bonchev–Trinajstić information content (AvgIpc) is 2.93. The number of carbonyl (C=O) groups excluding carboxylic acids is 1. The van der Waals surface area contributed by atoms with Crippen LogP contribution in [0.4, 0.5) is 0 Å². The van der Waals surface area contributed by atoms with Gasteiger partial charge in [-0.2, -0.15) is 4.98 Å². The first-order chi connectivity index (χ1) is 13.7. The molecule has 0 bridgehead atoms. The number of amides is 1. The fraction of sp³-hybridized carbons (Fsp3) is 0.571. The number of H-pyrrole nitrogens is 1. The van der Waals surface area contributed by atoms with Gasteiger partial charge in [-0.3, -0.25) is 4.79 Å². The summed E-state index contributed by atoms with van der Waals surface area (Å²) in [5, 5.41) is 10.5. The number of benzene rings is 1. The minimum Gasteiger partial charge on any atom is -0.396 e. The number of aromatic amines is 1. The van der Waals surface area contributed by atoms with Crippen molar-refractivity contribution >= 4 is 16.8 Å². The molecule has 0 radical (unpaired) electrons. The van der Waals surface area contributed by atoms with Crippen LogP contribution in [0.15, 0.2) is 29.1 Å². The maximum absolute atomic E-state index is 13.2. The Morgan fingerprint density at radius 1 is 1.11 bits per heavy atom. The zero-order chi connectivity index (χ0) is 19.5. The van der Waals surface area contributed by atoms with Crippen LogP contribution in [0.5, 0.6) is 0 Å². The maximum Gasteiger partial charge on any atom is 0.346 e. The molecule has 1 amide bonds. The lowest BCUT2D eigenvalue weighted by molar-refractivity contribution is 0.0775. The predicted octanol–water partition coefficient (Wildman–Crippen LogP) is 1.48. The Balaban J connectivity index is 1.53. The van der Waals surface area contributed by atoms with Crippen LogP contribution < -0.4 is 5.69 Å². The number of aliphatic hydroxyl groups is 1. The summed E-state index contributed by atoms with van der Waals surface area (Å²) in [5.41, 5.74) is 0.303. The second-order valence-electron chi connectivity index (χ2n) is 8.06. The molecule has 7 nitrogen and oxygen atoms in total. The van der Waals surface area contributed by atoms with Gasteiger partial charge in [-0.15, -0.1) is 0 Å². The highest BCUT2D eigenvalue weighted by Crippen LogP contribution is 2.27. The van der Waals surface area contributed by atoms with Crippen molar-refractivity contribution in [3.8, 4) is 0 Å². The second kappa shape index (κ2) is 8.41. The Labute approximate surface area is 164 Å². The van der Waals surface area contributed by atoms with Crippen molar-refractivity contribution in [2.24, 2.45) is 11.8 Å². The lowest BCUT2D eigenvalue weighted by Gasteiger charge is -2.26. The zero-order valence-corrected chi connectivity index (χ0v) is 16.1. The van der Waals surface area contributed by atoms with E-state index in [1.807, 2.05) is 12.1 Å². The number of likely N-dealkylation sites (tertiary alicyclic amines) is 2. The number of fused-ring (bicyclic) bond motifs is 1. The Morgan fingerprint density at radius 2 is 1.82 bits per heavy atom. The van der Waals surface area contributed by atoms with E-state index in [2.05, 4.69) is 14.9 Å². The molecule has 2 fully saturated rings. The number of para-hydroxylation sites is 1. The van der Waals surface area contributed by atoms with Crippen LogP contribution in [0.2, 0.25) is 0 Å². The smallest absolute Gasteiger partial charge is 0.346 e. The molecule has 2 N–H and O–H groups in total.